The number of phenolic OH excluding ortho intramolecular Hbond substituents is 1. The summed E-state index contributed by atoms with van der Waals surface area (Å²) >= 11 is 0. The molecule has 0 fully saturated rings. The molecule has 2 aromatic carbocycles. The molecule has 0 aliphatic heterocycles. The number of rotatable bonds is 5. The lowest BCUT2D eigenvalue weighted by atomic mass is 10.1. The van der Waals surface area contributed by atoms with Crippen molar-refractivity contribution in [2.75, 3.05) is 0 Å². The number of nitrogens with zero attached hydrogens (tertiary/aromatic N) is 2. The van der Waals surface area contributed by atoms with Crippen LogP contribution in [0, 0.1) is 0 Å². The maximum Gasteiger partial charge on any atom is 0.368 e. The van der Waals surface area contributed by atoms with Gasteiger partial charge in [0.05, 0.1) is 6.20 Å². The van der Waals surface area contributed by atoms with Crippen molar-refractivity contribution >= 4 is 11.8 Å². The van der Waals surface area contributed by atoms with Gasteiger partial charge in [0, 0.05) is 5.56 Å². The van der Waals surface area contributed by atoms with Crippen LogP contribution in [0.2, 0.25) is 0 Å². The van der Waals surface area contributed by atoms with E-state index in [1.807, 2.05) is 6.07 Å². The number of Topliss-reactive ketones (excluding diaryl/α,β-unsaturated/α-hetero) is 1. The fourth-order valence-corrected chi connectivity index (χ4v) is 2.19. The van der Waals surface area contributed by atoms with Crippen LogP contribution in [0.5, 0.6) is 11.5 Å². The standard InChI is InChI=1S/C19H14N2O4/c22-15-6-8-16(9-7-15)25-19(24)17-12-21(11-10-20-17)13-18(23)14-4-2-1-3-5-14/h1-12H,13H2/p+1. The van der Waals surface area contributed by atoms with Crippen LogP contribution in [0.15, 0.2) is 73.2 Å². The van der Waals surface area contributed by atoms with Gasteiger partial charge in [-0.3, -0.25) is 4.79 Å². The molecule has 0 saturated carbocycles. The van der Waals surface area contributed by atoms with E-state index in [4.69, 9.17) is 4.74 Å². The third-order valence-electron chi connectivity index (χ3n) is 3.44. The summed E-state index contributed by atoms with van der Waals surface area (Å²) in [6, 6.07) is 14.7. The highest BCUT2D eigenvalue weighted by atomic mass is 16.5. The number of aromatic nitrogens is 2. The lowest BCUT2D eigenvalue weighted by Gasteiger charge is -2.03. The quantitative estimate of drug-likeness (QED) is 0.334. The Bertz CT molecular complexity index is 893. The Labute approximate surface area is 144 Å². The molecule has 1 aromatic heterocycles. The number of ether oxygens (including phenoxy) is 1. The Kier molecular flexibility index (Phi) is 4.80. The second-order valence-corrected chi connectivity index (χ2v) is 5.29. The van der Waals surface area contributed by atoms with Gasteiger partial charge in [0.1, 0.15) is 11.5 Å². The summed E-state index contributed by atoms with van der Waals surface area (Å²) in [5, 5.41) is 9.23. The van der Waals surface area contributed by atoms with Crippen molar-refractivity contribution in [3.8, 4) is 11.5 Å². The SMILES string of the molecule is O=C(C[n+]1ccnc(C(=O)Oc2ccc(O)cc2)c1)c1ccccc1. The van der Waals surface area contributed by atoms with Crippen LogP contribution in [0.3, 0.4) is 0 Å². The van der Waals surface area contributed by atoms with Gasteiger partial charge < -0.3 is 9.84 Å². The fourth-order valence-electron chi connectivity index (χ4n) is 2.19. The molecule has 0 unspecified atom stereocenters. The zero-order chi connectivity index (χ0) is 17.6. The predicted octanol–water partition coefficient (Wildman–Crippen LogP) is 2.18. The van der Waals surface area contributed by atoms with Crippen LogP contribution in [-0.4, -0.2) is 21.8 Å². The van der Waals surface area contributed by atoms with Crippen molar-refractivity contribution in [3.63, 3.8) is 0 Å². The van der Waals surface area contributed by atoms with Gasteiger partial charge in [-0.05, 0) is 24.3 Å². The van der Waals surface area contributed by atoms with E-state index in [1.54, 1.807) is 35.0 Å². The van der Waals surface area contributed by atoms with Gasteiger partial charge in [0.15, 0.2) is 6.20 Å². The van der Waals surface area contributed by atoms with Gasteiger partial charge in [0.25, 0.3) is 0 Å². The molecule has 0 bridgehead atoms. The molecule has 0 spiro atoms. The molecule has 124 valence electrons. The van der Waals surface area contributed by atoms with Crippen molar-refractivity contribution in [2.45, 2.75) is 6.54 Å². The maximum atomic E-state index is 12.2. The first-order valence-corrected chi connectivity index (χ1v) is 7.56. The summed E-state index contributed by atoms with van der Waals surface area (Å²) in [6.45, 7) is 0.0893. The molecule has 1 N–H and O–H groups in total. The molecular weight excluding hydrogens is 320 g/mol. The van der Waals surface area contributed by atoms with Crippen molar-refractivity contribution in [1.82, 2.24) is 4.98 Å². The van der Waals surface area contributed by atoms with Crippen LogP contribution >= 0.6 is 0 Å². The molecule has 1 heterocycles. The van der Waals surface area contributed by atoms with E-state index < -0.39 is 5.97 Å². The molecule has 6 heteroatoms. The van der Waals surface area contributed by atoms with E-state index in [0.717, 1.165) is 0 Å². The fraction of sp³-hybridized carbons (Fsp3) is 0.0526. The summed E-state index contributed by atoms with van der Waals surface area (Å²) in [6.07, 6.45) is 4.51. The van der Waals surface area contributed by atoms with Crippen molar-refractivity contribution in [1.29, 1.82) is 0 Å². The van der Waals surface area contributed by atoms with Crippen molar-refractivity contribution in [3.05, 3.63) is 84.4 Å². The number of phenols is 1. The Morgan fingerprint density at radius 2 is 1.76 bits per heavy atom. The first-order chi connectivity index (χ1) is 12.1. The van der Waals surface area contributed by atoms with Gasteiger partial charge >= 0.3 is 5.97 Å². The lowest BCUT2D eigenvalue weighted by molar-refractivity contribution is -0.683. The molecule has 0 radical (unpaired) electrons. The maximum absolute atomic E-state index is 12.2. The number of carbonyl (C=O) groups excluding carboxylic acids is 2. The molecule has 3 aromatic rings. The summed E-state index contributed by atoms with van der Waals surface area (Å²) in [5.74, 6) is -0.350. The summed E-state index contributed by atoms with van der Waals surface area (Å²) in [7, 11) is 0. The molecule has 0 amide bonds. The van der Waals surface area contributed by atoms with Crippen molar-refractivity contribution < 1.29 is 24.0 Å². The Hall–Kier alpha value is -3.54. The Morgan fingerprint density at radius 1 is 1.04 bits per heavy atom. The van der Waals surface area contributed by atoms with E-state index in [2.05, 4.69) is 4.98 Å². The number of aromatic hydroxyl groups is 1. The highest BCUT2D eigenvalue weighted by Gasteiger charge is 2.17. The minimum absolute atomic E-state index is 0.0744. The smallest absolute Gasteiger partial charge is 0.368 e. The van der Waals surface area contributed by atoms with E-state index in [1.165, 1.54) is 36.7 Å². The lowest BCUT2D eigenvalue weighted by Crippen LogP contribution is -2.38. The van der Waals surface area contributed by atoms with Gasteiger partial charge in [-0.15, -0.1) is 0 Å². The van der Waals surface area contributed by atoms with Crippen LogP contribution in [-0.2, 0) is 6.54 Å². The first-order valence-electron chi connectivity index (χ1n) is 7.56. The zero-order valence-corrected chi connectivity index (χ0v) is 13.2. The molecule has 25 heavy (non-hydrogen) atoms. The largest absolute Gasteiger partial charge is 0.508 e. The molecule has 0 atom stereocenters. The third kappa shape index (κ3) is 4.26. The molecule has 6 nitrogen and oxygen atoms in total. The molecule has 0 saturated heterocycles. The first kappa shape index (κ1) is 16.3. The van der Waals surface area contributed by atoms with Gasteiger partial charge in [-0.2, -0.15) is 4.57 Å². The molecular formula is C19H15N2O4+. The number of ketones is 1. The number of esters is 1. The highest BCUT2D eigenvalue weighted by Crippen LogP contribution is 2.16. The van der Waals surface area contributed by atoms with E-state index in [-0.39, 0.29) is 23.8 Å². The monoisotopic (exact) mass is 335 g/mol. The minimum atomic E-state index is -0.646. The average molecular weight is 335 g/mol. The molecule has 3 rings (SSSR count). The van der Waals surface area contributed by atoms with Gasteiger partial charge in [-0.1, -0.05) is 30.3 Å². The third-order valence-corrected chi connectivity index (χ3v) is 3.44. The Balaban J connectivity index is 1.71. The summed E-state index contributed by atoms with van der Waals surface area (Å²) in [4.78, 5) is 28.4. The normalized spacial score (nSPS) is 10.2. The minimum Gasteiger partial charge on any atom is -0.508 e. The number of carbonyl (C=O) groups is 2. The van der Waals surface area contributed by atoms with Crippen molar-refractivity contribution in [2.24, 2.45) is 0 Å². The number of hydrogen-bond donors (Lipinski definition) is 1. The zero-order valence-electron chi connectivity index (χ0n) is 13.2. The second kappa shape index (κ2) is 7.35. The number of hydrogen-bond acceptors (Lipinski definition) is 5. The molecule has 0 aliphatic rings. The number of benzene rings is 2. The summed E-state index contributed by atoms with van der Waals surface area (Å²) < 4.78 is 6.77. The van der Waals surface area contributed by atoms with Crippen LogP contribution in [0.1, 0.15) is 20.8 Å². The van der Waals surface area contributed by atoms with Gasteiger partial charge in [-0.25, -0.2) is 9.78 Å². The van der Waals surface area contributed by atoms with Crippen LogP contribution < -0.4 is 9.30 Å². The molecule has 0 aliphatic carbocycles. The van der Waals surface area contributed by atoms with Crippen LogP contribution in [0.25, 0.3) is 0 Å². The highest BCUT2D eigenvalue weighted by molar-refractivity contribution is 5.95. The summed E-state index contributed by atoms with van der Waals surface area (Å²) in [5.41, 5.74) is 0.677. The van der Waals surface area contributed by atoms with Crippen LogP contribution in [0.4, 0.5) is 0 Å². The predicted molar refractivity (Wildman–Crippen MR) is 88.3 cm³/mol. The average Bonchev–Trinajstić information content (AvgIpc) is 2.64. The van der Waals surface area contributed by atoms with E-state index in [0.29, 0.717) is 11.3 Å². The second-order valence-electron chi connectivity index (χ2n) is 5.29. The van der Waals surface area contributed by atoms with Gasteiger partial charge in [0.2, 0.25) is 24.2 Å². The Morgan fingerprint density at radius 3 is 2.48 bits per heavy atom. The topological polar surface area (TPSA) is 80.4 Å². The van der Waals surface area contributed by atoms with E-state index >= 15 is 0 Å². The van der Waals surface area contributed by atoms with E-state index in [9.17, 15) is 14.7 Å².